The van der Waals surface area contributed by atoms with Gasteiger partial charge in [-0.1, -0.05) is 56.3 Å². The molecule has 0 aliphatic carbocycles. The monoisotopic (exact) mass is 489 g/mol. The average Bonchev–Trinajstić information content (AvgIpc) is 3.46. The first-order valence-electron chi connectivity index (χ1n) is 11.8. The van der Waals surface area contributed by atoms with Crippen molar-refractivity contribution in [2.75, 3.05) is 32.1 Å². The van der Waals surface area contributed by atoms with Gasteiger partial charge in [0.2, 0.25) is 0 Å². The third kappa shape index (κ3) is 4.90. The summed E-state index contributed by atoms with van der Waals surface area (Å²) in [4.78, 5) is 30.5. The maximum absolute atomic E-state index is 13.5. The first-order chi connectivity index (χ1) is 17.1. The van der Waals surface area contributed by atoms with E-state index in [4.69, 9.17) is 9.26 Å². The van der Waals surface area contributed by atoms with E-state index in [1.807, 2.05) is 55.4 Å². The van der Waals surface area contributed by atoms with Gasteiger partial charge < -0.3 is 19.3 Å². The molecule has 1 atom stereocenters. The second-order valence-corrected chi connectivity index (χ2v) is 10.0. The number of ether oxygens (including phenoxy) is 1. The SMILES string of the molecule is CN(C)CCOc1ccccc1C1C(C(=O)C(C)(C)C)=C(O)C(=O)N1c1ccc(-c2ccon2)cc1. The molecule has 8 heteroatoms. The highest BCUT2D eigenvalue weighted by molar-refractivity contribution is 6.17. The van der Waals surface area contributed by atoms with E-state index in [2.05, 4.69) is 5.16 Å². The minimum atomic E-state index is -0.849. The fourth-order valence-corrected chi connectivity index (χ4v) is 4.13. The van der Waals surface area contributed by atoms with Gasteiger partial charge in [0.15, 0.2) is 11.5 Å². The highest BCUT2D eigenvalue weighted by Gasteiger charge is 2.47. The van der Waals surface area contributed by atoms with E-state index in [-0.39, 0.29) is 11.4 Å². The summed E-state index contributed by atoms with van der Waals surface area (Å²) >= 11 is 0. The Morgan fingerprint density at radius 1 is 1.11 bits per heavy atom. The molecule has 4 rings (SSSR count). The van der Waals surface area contributed by atoms with Crippen LogP contribution in [0.25, 0.3) is 11.3 Å². The maximum atomic E-state index is 13.5. The Labute approximate surface area is 210 Å². The number of carbonyl (C=O) groups excluding carboxylic acids is 2. The lowest BCUT2D eigenvalue weighted by molar-refractivity contribution is -0.123. The van der Waals surface area contributed by atoms with E-state index in [9.17, 15) is 14.7 Å². The van der Waals surface area contributed by atoms with E-state index in [1.54, 1.807) is 39.0 Å². The van der Waals surface area contributed by atoms with Crippen LogP contribution in [0.2, 0.25) is 0 Å². The summed E-state index contributed by atoms with van der Waals surface area (Å²) in [7, 11) is 3.91. The molecule has 36 heavy (non-hydrogen) atoms. The Balaban J connectivity index is 1.81. The molecule has 2 heterocycles. The molecule has 1 aliphatic heterocycles. The van der Waals surface area contributed by atoms with Crippen molar-refractivity contribution in [3.05, 3.63) is 77.8 Å². The van der Waals surface area contributed by atoms with Gasteiger partial charge in [0, 0.05) is 34.8 Å². The second kappa shape index (κ2) is 9.99. The minimum absolute atomic E-state index is 0.0664. The van der Waals surface area contributed by atoms with Gasteiger partial charge in [0.1, 0.15) is 24.3 Å². The number of likely N-dealkylation sites (N-methyl/N-ethyl adjacent to an activating group) is 1. The summed E-state index contributed by atoms with van der Waals surface area (Å²) in [6.45, 7) is 6.43. The zero-order valence-corrected chi connectivity index (χ0v) is 21.2. The number of carbonyl (C=O) groups is 2. The van der Waals surface area contributed by atoms with Crippen molar-refractivity contribution in [3.8, 4) is 17.0 Å². The number of aliphatic hydroxyl groups excluding tert-OH is 1. The molecule has 188 valence electrons. The molecule has 8 nitrogen and oxygen atoms in total. The molecule has 0 bridgehead atoms. The van der Waals surface area contributed by atoms with Gasteiger partial charge in [0.05, 0.1) is 11.6 Å². The summed E-state index contributed by atoms with van der Waals surface area (Å²) in [5.74, 6) is -0.924. The third-order valence-electron chi connectivity index (χ3n) is 6.02. The molecule has 0 saturated carbocycles. The highest BCUT2D eigenvalue weighted by Crippen LogP contribution is 2.46. The molecule has 2 aromatic carbocycles. The van der Waals surface area contributed by atoms with E-state index in [0.29, 0.717) is 35.8 Å². The number of ketones is 1. The number of Topliss-reactive ketones (excluding diaryl/α,β-unsaturated/α-hetero) is 1. The van der Waals surface area contributed by atoms with Crippen LogP contribution in [-0.4, -0.2) is 54.1 Å². The summed E-state index contributed by atoms with van der Waals surface area (Å²) in [6, 6.07) is 15.4. The number of rotatable bonds is 8. The lowest BCUT2D eigenvalue weighted by Gasteiger charge is -2.30. The van der Waals surface area contributed by atoms with E-state index >= 15 is 0 Å². The van der Waals surface area contributed by atoms with Crippen molar-refractivity contribution in [2.45, 2.75) is 26.8 Å². The van der Waals surface area contributed by atoms with Crippen LogP contribution in [0, 0.1) is 5.41 Å². The molecular weight excluding hydrogens is 458 g/mol. The Morgan fingerprint density at radius 3 is 2.42 bits per heavy atom. The van der Waals surface area contributed by atoms with Crippen LogP contribution in [0.1, 0.15) is 32.4 Å². The lowest BCUT2D eigenvalue weighted by Crippen LogP contribution is -2.33. The third-order valence-corrected chi connectivity index (χ3v) is 6.02. The largest absolute Gasteiger partial charge is 0.503 e. The highest BCUT2D eigenvalue weighted by atomic mass is 16.5. The molecule has 0 fully saturated rings. The van der Waals surface area contributed by atoms with E-state index < -0.39 is 23.1 Å². The predicted octanol–water partition coefficient (Wildman–Crippen LogP) is 4.80. The molecule has 0 radical (unpaired) electrons. The Hall–Kier alpha value is -3.91. The average molecular weight is 490 g/mol. The fraction of sp³-hybridized carbons (Fsp3) is 0.321. The van der Waals surface area contributed by atoms with Crippen LogP contribution in [0.4, 0.5) is 5.69 Å². The zero-order chi connectivity index (χ0) is 26.0. The van der Waals surface area contributed by atoms with Crippen molar-refractivity contribution in [1.29, 1.82) is 0 Å². The number of hydrogen-bond donors (Lipinski definition) is 1. The van der Waals surface area contributed by atoms with Crippen molar-refractivity contribution in [3.63, 3.8) is 0 Å². The normalized spacial score (nSPS) is 16.2. The molecule has 0 spiro atoms. The maximum Gasteiger partial charge on any atom is 0.294 e. The number of hydrogen-bond acceptors (Lipinski definition) is 7. The topological polar surface area (TPSA) is 96.1 Å². The predicted molar refractivity (Wildman–Crippen MR) is 137 cm³/mol. The number of aliphatic hydroxyl groups is 1. The van der Waals surface area contributed by atoms with Gasteiger partial charge in [-0.05, 0) is 32.3 Å². The molecule has 1 aliphatic rings. The molecule has 1 N–H and O–H groups in total. The fourth-order valence-electron chi connectivity index (χ4n) is 4.13. The number of benzene rings is 2. The van der Waals surface area contributed by atoms with Crippen LogP contribution in [0.5, 0.6) is 5.75 Å². The van der Waals surface area contributed by atoms with Gasteiger partial charge in [-0.15, -0.1) is 0 Å². The number of aromatic nitrogens is 1. The Kier molecular flexibility index (Phi) is 6.99. The van der Waals surface area contributed by atoms with E-state index in [0.717, 1.165) is 5.56 Å². The number of anilines is 1. The van der Waals surface area contributed by atoms with Crippen LogP contribution in [0.3, 0.4) is 0 Å². The summed E-state index contributed by atoms with van der Waals surface area (Å²) < 4.78 is 11.0. The van der Waals surface area contributed by atoms with E-state index in [1.165, 1.54) is 11.2 Å². The first-order valence-corrected chi connectivity index (χ1v) is 11.8. The van der Waals surface area contributed by atoms with Crippen LogP contribution in [-0.2, 0) is 9.59 Å². The van der Waals surface area contributed by atoms with Crippen LogP contribution < -0.4 is 9.64 Å². The van der Waals surface area contributed by atoms with Crippen molar-refractivity contribution in [1.82, 2.24) is 10.1 Å². The Morgan fingerprint density at radius 2 is 1.81 bits per heavy atom. The molecule has 1 aromatic heterocycles. The van der Waals surface area contributed by atoms with Gasteiger partial charge >= 0.3 is 0 Å². The van der Waals surface area contributed by atoms with Crippen molar-refractivity contribution >= 4 is 17.4 Å². The first kappa shape index (κ1) is 25.2. The number of para-hydroxylation sites is 1. The molecular formula is C28H31N3O5. The van der Waals surface area contributed by atoms with Crippen molar-refractivity contribution < 1.29 is 24.0 Å². The molecule has 0 saturated heterocycles. The molecule has 1 unspecified atom stereocenters. The minimum Gasteiger partial charge on any atom is -0.503 e. The smallest absolute Gasteiger partial charge is 0.294 e. The number of nitrogens with zero attached hydrogens (tertiary/aromatic N) is 3. The van der Waals surface area contributed by atoms with Crippen LogP contribution >= 0.6 is 0 Å². The summed E-state index contributed by atoms with van der Waals surface area (Å²) in [5.41, 5.74) is 1.89. The summed E-state index contributed by atoms with van der Waals surface area (Å²) in [5, 5.41) is 14.9. The quantitative estimate of drug-likeness (QED) is 0.486. The molecule has 1 amide bonds. The van der Waals surface area contributed by atoms with Gasteiger partial charge in [-0.2, -0.15) is 0 Å². The van der Waals surface area contributed by atoms with Gasteiger partial charge in [-0.3, -0.25) is 14.5 Å². The lowest BCUT2D eigenvalue weighted by atomic mass is 9.82. The standard InChI is InChI=1S/C28H31N3O5/c1-28(2,3)26(33)23-24(20-8-6-7-9-22(20)35-17-15-30(4)5)31(27(34)25(23)32)19-12-10-18(11-13-19)21-14-16-36-29-21/h6-14,16,24,32H,15,17H2,1-5H3. The molecule has 3 aromatic rings. The summed E-state index contributed by atoms with van der Waals surface area (Å²) in [6.07, 6.45) is 1.49. The van der Waals surface area contributed by atoms with Gasteiger partial charge in [-0.25, -0.2) is 0 Å². The Bertz CT molecular complexity index is 1270. The van der Waals surface area contributed by atoms with Crippen molar-refractivity contribution in [2.24, 2.45) is 5.41 Å². The van der Waals surface area contributed by atoms with Crippen LogP contribution in [0.15, 0.2) is 76.7 Å². The zero-order valence-electron chi connectivity index (χ0n) is 21.2. The van der Waals surface area contributed by atoms with Gasteiger partial charge in [0.25, 0.3) is 5.91 Å². The second-order valence-electron chi connectivity index (χ2n) is 10.0. The number of amides is 1.